The molecule has 22 heavy (non-hydrogen) atoms. The number of hydrogen-bond donors (Lipinski definition) is 1. The highest BCUT2D eigenvalue weighted by Gasteiger charge is 2.30. The predicted molar refractivity (Wildman–Crippen MR) is 83.1 cm³/mol. The molecule has 0 saturated heterocycles. The molecule has 4 nitrogen and oxygen atoms in total. The van der Waals surface area contributed by atoms with Crippen molar-refractivity contribution in [3.8, 4) is 11.1 Å². The van der Waals surface area contributed by atoms with Crippen LogP contribution in [0.3, 0.4) is 0 Å². The van der Waals surface area contributed by atoms with Gasteiger partial charge < -0.3 is 9.63 Å². The molecule has 3 rings (SSSR count). The summed E-state index contributed by atoms with van der Waals surface area (Å²) in [7, 11) is 0. The van der Waals surface area contributed by atoms with Crippen molar-refractivity contribution < 1.29 is 14.4 Å². The second-order valence-corrected chi connectivity index (χ2v) is 5.45. The van der Waals surface area contributed by atoms with E-state index >= 15 is 0 Å². The van der Waals surface area contributed by atoms with E-state index in [2.05, 4.69) is 29.7 Å². The molecule has 0 aromatic heterocycles. The third-order valence-electron chi connectivity index (χ3n) is 3.90. The molecule has 0 radical (unpaired) electrons. The first-order chi connectivity index (χ1) is 10.7. The third-order valence-corrected chi connectivity index (χ3v) is 3.90. The summed E-state index contributed by atoms with van der Waals surface area (Å²) in [5.74, 6) is -0.376. The predicted octanol–water partition coefficient (Wildman–Crippen LogP) is 2.82. The minimum absolute atomic E-state index is 0.00626. The molecule has 1 atom stereocenters. The Morgan fingerprint density at radius 2 is 1.68 bits per heavy atom. The van der Waals surface area contributed by atoms with Gasteiger partial charge in [0.15, 0.2) is 0 Å². The van der Waals surface area contributed by atoms with Crippen LogP contribution in [0.25, 0.3) is 11.1 Å². The average molecular weight is 295 g/mol. The van der Waals surface area contributed by atoms with E-state index in [1.807, 2.05) is 24.3 Å². The summed E-state index contributed by atoms with van der Waals surface area (Å²) in [5, 5.41) is 0. The molecule has 0 amide bonds. The molecule has 4 heteroatoms. The number of rotatable bonds is 5. The fourth-order valence-electron chi connectivity index (χ4n) is 2.87. The maximum Gasteiger partial charge on any atom is 0.325 e. The molecule has 1 aliphatic carbocycles. The van der Waals surface area contributed by atoms with E-state index in [1.165, 1.54) is 11.1 Å². The quantitative estimate of drug-likeness (QED) is 0.681. The minimum atomic E-state index is -0.507. The van der Waals surface area contributed by atoms with E-state index in [1.54, 1.807) is 6.92 Å². The molecule has 0 aliphatic heterocycles. The Kier molecular flexibility index (Phi) is 4.02. The lowest BCUT2D eigenvalue weighted by Crippen LogP contribution is -2.30. The van der Waals surface area contributed by atoms with E-state index in [-0.39, 0.29) is 18.3 Å². The van der Waals surface area contributed by atoms with E-state index < -0.39 is 6.04 Å². The van der Waals surface area contributed by atoms with Gasteiger partial charge >= 0.3 is 5.97 Å². The maximum absolute atomic E-state index is 12.0. The summed E-state index contributed by atoms with van der Waals surface area (Å²) in [5.41, 5.74) is 7.06. The average Bonchev–Trinajstić information content (AvgIpc) is 2.87. The van der Waals surface area contributed by atoms with Crippen LogP contribution in [0.2, 0.25) is 0 Å². The van der Waals surface area contributed by atoms with Crippen LogP contribution in [-0.2, 0) is 14.4 Å². The van der Waals surface area contributed by atoms with Gasteiger partial charge in [-0.05, 0) is 29.2 Å². The fraction of sp³-hybridized carbons (Fsp3) is 0.222. The molecule has 0 spiro atoms. The zero-order valence-electron chi connectivity index (χ0n) is 12.3. The van der Waals surface area contributed by atoms with Gasteiger partial charge in [-0.3, -0.25) is 4.79 Å². The Balaban J connectivity index is 1.82. The second kappa shape index (κ2) is 6.12. The zero-order chi connectivity index (χ0) is 15.5. The van der Waals surface area contributed by atoms with Crippen LogP contribution < -0.4 is 5.48 Å². The van der Waals surface area contributed by atoms with Gasteiger partial charge in [0.1, 0.15) is 6.29 Å². The Labute approximate surface area is 129 Å². The number of benzene rings is 2. The van der Waals surface area contributed by atoms with Gasteiger partial charge in [0.25, 0.3) is 0 Å². The summed E-state index contributed by atoms with van der Waals surface area (Å²) in [6.07, 6.45) is 0.931. The van der Waals surface area contributed by atoms with Crippen LogP contribution in [0.1, 0.15) is 30.4 Å². The standard InChI is InChI=1S/C18H17NO3/c1-12(11-20)19-22-18(21)10-17-15-8-4-2-6-13(15)14-7-3-5-9-16(14)17/h2-9,11-12,17,19H,10H2,1H3/t12-/m1/s1. The molecule has 1 aliphatic rings. The van der Waals surface area contributed by atoms with E-state index in [0.717, 1.165) is 11.1 Å². The molecule has 0 fully saturated rings. The van der Waals surface area contributed by atoms with E-state index in [9.17, 15) is 9.59 Å². The monoisotopic (exact) mass is 295 g/mol. The van der Waals surface area contributed by atoms with Gasteiger partial charge in [0.2, 0.25) is 0 Å². The first-order valence-corrected chi connectivity index (χ1v) is 7.29. The van der Waals surface area contributed by atoms with Crippen molar-refractivity contribution in [3.05, 3.63) is 59.7 Å². The lowest BCUT2D eigenvalue weighted by molar-refractivity contribution is -0.153. The van der Waals surface area contributed by atoms with Crippen molar-refractivity contribution in [2.45, 2.75) is 25.3 Å². The molecule has 0 unspecified atom stereocenters. The van der Waals surface area contributed by atoms with Crippen molar-refractivity contribution in [2.24, 2.45) is 0 Å². The number of nitrogens with one attached hydrogen (secondary N) is 1. The highest BCUT2D eigenvalue weighted by atomic mass is 16.7. The van der Waals surface area contributed by atoms with E-state index in [4.69, 9.17) is 4.84 Å². The van der Waals surface area contributed by atoms with Crippen molar-refractivity contribution in [2.75, 3.05) is 0 Å². The van der Waals surface area contributed by atoms with E-state index in [0.29, 0.717) is 6.29 Å². The Bertz CT molecular complexity index is 665. The Morgan fingerprint density at radius 1 is 1.14 bits per heavy atom. The normalized spacial score (nSPS) is 14.0. The summed E-state index contributed by atoms with van der Waals surface area (Å²) in [6.45, 7) is 1.63. The van der Waals surface area contributed by atoms with Crippen LogP contribution in [0, 0.1) is 0 Å². The first kappa shape index (κ1) is 14.5. The van der Waals surface area contributed by atoms with Gasteiger partial charge in [-0.25, -0.2) is 0 Å². The molecule has 0 saturated carbocycles. The first-order valence-electron chi connectivity index (χ1n) is 7.29. The lowest BCUT2D eigenvalue weighted by Gasteiger charge is -2.13. The minimum Gasteiger partial charge on any atom is -0.370 e. The second-order valence-electron chi connectivity index (χ2n) is 5.45. The number of hydroxylamine groups is 1. The summed E-state index contributed by atoms with van der Waals surface area (Å²) >= 11 is 0. The van der Waals surface area contributed by atoms with Gasteiger partial charge in [-0.15, -0.1) is 5.48 Å². The molecular formula is C18H17NO3. The van der Waals surface area contributed by atoms with Gasteiger partial charge in [-0.1, -0.05) is 48.5 Å². The molecule has 0 bridgehead atoms. The van der Waals surface area contributed by atoms with Crippen LogP contribution in [0.4, 0.5) is 0 Å². The molecule has 2 aromatic rings. The van der Waals surface area contributed by atoms with Crippen molar-refractivity contribution in [3.63, 3.8) is 0 Å². The molecule has 1 N–H and O–H groups in total. The summed E-state index contributed by atoms with van der Waals surface area (Å²) in [6, 6.07) is 15.7. The number of carbonyl (C=O) groups is 2. The number of aldehydes is 1. The third kappa shape index (κ3) is 2.65. The smallest absolute Gasteiger partial charge is 0.325 e. The Hall–Kier alpha value is -2.46. The number of fused-ring (bicyclic) bond motifs is 3. The van der Waals surface area contributed by atoms with Crippen LogP contribution in [0.15, 0.2) is 48.5 Å². The topological polar surface area (TPSA) is 55.4 Å². The van der Waals surface area contributed by atoms with Gasteiger partial charge in [0, 0.05) is 5.92 Å². The van der Waals surface area contributed by atoms with Gasteiger partial charge in [-0.2, -0.15) is 0 Å². The van der Waals surface area contributed by atoms with Crippen molar-refractivity contribution >= 4 is 12.3 Å². The van der Waals surface area contributed by atoms with Crippen LogP contribution in [0.5, 0.6) is 0 Å². The number of carbonyl (C=O) groups excluding carboxylic acids is 2. The number of hydrogen-bond acceptors (Lipinski definition) is 4. The maximum atomic E-state index is 12.0. The highest BCUT2D eigenvalue weighted by molar-refractivity contribution is 5.82. The SMILES string of the molecule is C[C@H](C=O)NOC(=O)CC1c2ccccc2-c2ccccc21. The largest absolute Gasteiger partial charge is 0.370 e. The van der Waals surface area contributed by atoms with Crippen LogP contribution >= 0.6 is 0 Å². The van der Waals surface area contributed by atoms with Gasteiger partial charge in [0.05, 0.1) is 12.5 Å². The summed E-state index contributed by atoms with van der Waals surface area (Å²) in [4.78, 5) is 27.5. The van der Waals surface area contributed by atoms with Crippen molar-refractivity contribution in [1.29, 1.82) is 0 Å². The molecule has 112 valence electrons. The molecular weight excluding hydrogens is 278 g/mol. The Morgan fingerprint density at radius 3 is 2.23 bits per heavy atom. The molecule has 0 heterocycles. The fourth-order valence-corrected chi connectivity index (χ4v) is 2.87. The summed E-state index contributed by atoms with van der Waals surface area (Å²) < 4.78 is 0. The highest BCUT2D eigenvalue weighted by Crippen LogP contribution is 2.46. The van der Waals surface area contributed by atoms with Crippen molar-refractivity contribution in [1.82, 2.24) is 5.48 Å². The zero-order valence-corrected chi connectivity index (χ0v) is 12.3. The van der Waals surface area contributed by atoms with Crippen LogP contribution in [-0.4, -0.2) is 18.3 Å². The molecule has 2 aromatic carbocycles. The lowest BCUT2D eigenvalue weighted by atomic mass is 9.94.